The number of nitrogens with zero attached hydrogens (tertiary/aromatic N) is 3. The van der Waals surface area contributed by atoms with Crippen LogP contribution >= 0.6 is 0 Å². The molecule has 0 saturated carbocycles. The van der Waals surface area contributed by atoms with Gasteiger partial charge in [-0.2, -0.15) is 4.98 Å². The molecule has 1 aromatic rings. The lowest BCUT2D eigenvalue weighted by Crippen LogP contribution is -2.67. The van der Waals surface area contributed by atoms with E-state index in [-0.39, 0.29) is 5.54 Å². The third-order valence-corrected chi connectivity index (χ3v) is 3.14. The average Bonchev–Trinajstić information content (AvgIpc) is 2.34. The van der Waals surface area contributed by atoms with Crippen molar-refractivity contribution in [3.63, 3.8) is 0 Å². The summed E-state index contributed by atoms with van der Waals surface area (Å²) < 4.78 is 5.48. The Labute approximate surface area is 108 Å². The monoisotopic (exact) mass is 250 g/mol. The molecule has 0 spiro atoms. The minimum Gasteiger partial charge on any atom is -0.477 e. The molecule has 0 aliphatic carbocycles. The van der Waals surface area contributed by atoms with Crippen molar-refractivity contribution in [2.24, 2.45) is 5.73 Å². The van der Waals surface area contributed by atoms with E-state index >= 15 is 0 Å². The summed E-state index contributed by atoms with van der Waals surface area (Å²) in [6, 6.07) is 0. The second kappa shape index (κ2) is 5.52. The Morgan fingerprint density at radius 1 is 1.33 bits per heavy atom. The van der Waals surface area contributed by atoms with Gasteiger partial charge in [-0.05, 0) is 12.8 Å². The van der Waals surface area contributed by atoms with Gasteiger partial charge in [-0.25, -0.2) is 0 Å². The zero-order chi connectivity index (χ0) is 13.0. The van der Waals surface area contributed by atoms with E-state index in [1.54, 1.807) is 12.4 Å². The third kappa shape index (κ3) is 2.90. The molecule has 0 radical (unpaired) electrons. The molecule has 5 heteroatoms. The first-order valence-corrected chi connectivity index (χ1v) is 6.65. The topological polar surface area (TPSA) is 64.3 Å². The number of anilines is 1. The Hall–Kier alpha value is -1.36. The van der Waals surface area contributed by atoms with Crippen molar-refractivity contribution < 1.29 is 4.74 Å². The zero-order valence-corrected chi connectivity index (χ0v) is 11.2. The highest BCUT2D eigenvalue weighted by Crippen LogP contribution is 2.28. The zero-order valence-electron chi connectivity index (χ0n) is 11.2. The number of hydrogen-bond acceptors (Lipinski definition) is 5. The van der Waals surface area contributed by atoms with Crippen LogP contribution in [0.4, 0.5) is 5.82 Å². The van der Waals surface area contributed by atoms with Crippen molar-refractivity contribution in [1.29, 1.82) is 0 Å². The maximum atomic E-state index is 6.24. The standard InChI is InChI=1S/C13H22N4O/c1-3-5-13(14)9-17(10-13)11-7-15-8-12(16-11)18-6-4-2/h7-8H,3-6,9-10,14H2,1-2H3. The van der Waals surface area contributed by atoms with Crippen molar-refractivity contribution in [2.45, 2.75) is 38.6 Å². The molecule has 1 aliphatic heterocycles. The fourth-order valence-corrected chi connectivity index (χ4v) is 2.30. The first-order chi connectivity index (χ1) is 8.67. The lowest BCUT2D eigenvalue weighted by atomic mass is 9.86. The van der Waals surface area contributed by atoms with Gasteiger partial charge in [0.05, 0.1) is 24.5 Å². The van der Waals surface area contributed by atoms with Gasteiger partial charge >= 0.3 is 0 Å². The van der Waals surface area contributed by atoms with Gasteiger partial charge in [-0.3, -0.25) is 4.98 Å². The summed E-state index contributed by atoms with van der Waals surface area (Å²) in [5.74, 6) is 1.46. The second-order valence-electron chi connectivity index (χ2n) is 5.03. The van der Waals surface area contributed by atoms with E-state index in [4.69, 9.17) is 10.5 Å². The Balaban J connectivity index is 1.94. The molecule has 0 amide bonds. The van der Waals surface area contributed by atoms with E-state index in [9.17, 15) is 0 Å². The Bertz CT molecular complexity index is 390. The molecular formula is C13H22N4O. The molecule has 2 rings (SSSR count). The number of aromatic nitrogens is 2. The van der Waals surface area contributed by atoms with Crippen LogP contribution < -0.4 is 15.4 Å². The van der Waals surface area contributed by atoms with Crippen LogP contribution in [-0.4, -0.2) is 35.2 Å². The molecule has 0 bridgehead atoms. The molecule has 0 unspecified atom stereocenters. The van der Waals surface area contributed by atoms with E-state index in [0.717, 1.165) is 38.2 Å². The molecule has 0 atom stereocenters. The molecule has 2 N–H and O–H groups in total. The SMILES string of the molecule is CCCOc1cncc(N2CC(N)(CCC)C2)n1. The molecule has 1 fully saturated rings. The van der Waals surface area contributed by atoms with Crippen LogP contribution in [0, 0.1) is 0 Å². The summed E-state index contributed by atoms with van der Waals surface area (Å²) in [4.78, 5) is 10.8. The smallest absolute Gasteiger partial charge is 0.234 e. The van der Waals surface area contributed by atoms with Gasteiger partial charge < -0.3 is 15.4 Å². The van der Waals surface area contributed by atoms with Crippen LogP contribution in [0.2, 0.25) is 0 Å². The van der Waals surface area contributed by atoms with Gasteiger partial charge in [0.2, 0.25) is 5.88 Å². The first kappa shape index (κ1) is 13.1. The molecule has 18 heavy (non-hydrogen) atoms. The van der Waals surface area contributed by atoms with Crippen molar-refractivity contribution >= 4 is 5.82 Å². The molecule has 100 valence electrons. The largest absolute Gasteiger partial charge is 0.477 e. The summed E-state index contributed by atoms with van der Waals surface area (Å²) >= 11 is 0. The molecule has 1 saturated heterocycles. The fraction of sp³-hybridized carbons (Fsp3) is 0.692. The van der Waals surface area contributed by atoms with Crippen molar-refractivity contribution in [1.82, 2.24) is 9.97 Å². The third-order valence-electron chi connectivity index (χ3n) is 3.14. The van der Waals surface area contributed by atoms with Gasteiger partial charge in [0, 0.05) is 13.1 Å². The van der Waals surface area contributed by atoms with Crippen molar-refractivity contribution in [3.8, 4) is 5.88 Å². The highest BCUT2D eigenvalue weighted by molar-refractivity contribution is 5.43. The lowest BCUT2D eigenvalue weighted by Gasteiger charge is -2.48. The van der Waals surface area contributed by atoms with E-state index in [0.29, 0.717) is 12.5 Å². The maximum absolute atomic E-state index is 6.24. The van der Waals surface area contributed by atoms with Crippen LogP contribution in [-0.2, 0) is 0 Å². The molecular weight excluding hydrogens is 228 g/mol. The minimum atomic E-state index is -0.0449. The highest BCUT2D eigenvalue weighted by atomic mass is 16.5. The average molecular weight is 250 g/mol. The van der Waals surface area contributed by atoms with Crippen LogP contribution in [0.15, 0.2) is 12.4 Å². The number of rotatable bonds is 6. The fourth-order valence-electron chi connectivity index (χ4n) is 2.30. The van der Waals surface area contributed by atoms with E-state index < -0.39 is 0 Å². The maximum Gasteiger partial charge on any atom is 0.234 e. The predicted molar refractivity (Wildman–Crippen MR) is 71.9 cm³/mol. The normalized spacial score (nSPS) is 17.4. The Morgan fingerprint density at radius 3 is 2.78 bits per heavy atom. The molecule has 2 heterocycles. The Kier molecular flexibility index (Phi) is 4.01. The van der Waals surface area contributed by atoms with Crippen LogP contribution in [0.25, 0.3) is 0 Å². The van der Waals surface area contributed by atoms with Gasteiger partial charge in [-0.1, -0.05) is 20.3 Å². The van der Waals surface area contributed by atoms with Gasteiger partial charge in [0.25, 0.3) is 0 Å². The summed E-state index contributed by atoms with van der Waals surface area (Å²) in [7, 11) is 0. The highest BCUT2D eigenvalue weighted by Gasteiger charge is 2.39. The van der Waals surface area contributed by atoms with Gasteiger partial charge in [0.1, 0.15) is 0 Å². The van der Waals surface area contributed by atoms with E-state index in [1.165, 1.54) is 0 Å². The first-order valence-electron chi connectivity index (χ1n) is 6.65. The molecule has 5 nitrogen and oxygen atoms in total. The predicted octanol–water partition coefficient (Wildman–Crippen LogP) is 1.58. The van der Waals surface area contributed by atoms with E-state index in [2.05, 4.69) is 28.7 Å². The number of hydrogen-bond donors (Lipinski definition) is 1. The van der Waals surface area contributed by atoms with Gasteiger partial charge in [-0.15, -0.1) is 0 Å². The van der Waals surface area contributed by atoms with Crippen LogP contribution in [0.3, 0.4) is 0 Å². The minimum absolute atomic E-state index is 0.0449. The summed E-state index contributed by atoms with van der Waals surface area (Å²) in [5, 5.41) is 0. The Morgan fingerprint density at radius 2 is 2.11 bits per heavy atom. The number of ether oxygens (including phenoxy) is 1. The van der Waals surface area contributed by atoms with Crippen LogP contribution in [0.5, 0.6) is 5.88 Å². The summed E-state index contributed by atoms with van der Waals surface area (Å²) in [6.07, 6.45) is 6.57. The lowest BCUT2D eigenvalue weighted by molar-refractivity contribution is 0.293. The quantitative estimate of drug-likeness (QED) is 0.830. The molecule has 0 aromatic carbocycles. The van der Waals surface area contributed by atoms with Crippen LogP contribution in [0.1, 0.15) is 33.1 Å². The molecule has 1 aliphatic rings. The molecule has 1 aromatic heterocycles. The number of nitrogens with two attached hydrogens (primary N) is 1. The second-order valence-corrected chi connectivity index (χ2v) is 5.03. The van der Waals surface area contributed by atoms with Crippen molar-refractivity contribution in [3.05, 3.63) is 12.4 Å². The van der Waals surface area contributed by atoms with E-state index in [1.807, 2.05) is 0 Å². The summed E-state index contributed by atoms with van der Waals surface area (Å²) in [5.41, 5.74) is 6.19. The van der Waals surface area contributed by atoms with Gasteiger partial charge in [0.15, 0.2) is 5.82 Å². The summed E-state index contributed by atoms with van der Waals surface area (Å²) in [6.45, 7) is 6.62. The van der Waals surface area contributed by atoms with Crippen molar-refractivity contribution in [2.75, 3.05) is 24.6 Å².